The SMILES string of the molecule is C=C[C@]1(C)CC(=O)C(=C(C)C)C[C@@H]1C(=C)C. The molecule has 1 aliphatic carbocycles. The topological polar surface area (TPSA) is 17.1 Å². The maximum Gasteiger partial charge on any atom is 0.159 e. The smallest absolute Gasteiger partial charge is 0.159 e. The first-order valence-corrected chi connectivity index (χ1v) is 5.80. The minimum atomic E-state index is -0.123. The lowest BCUT2D eigenvalue weighted by Crippen LogP contribution is -2.35. The number of hydrogen-bond acceptors (Lipinski definition) is 1. The molecule has 16 heavy (non-hydrogen) atoms. The van der Waals surface area contributed by atoms with Gasteiger partial charge in [-0.1, -0.05) is 30.7 Å². The molecule has 0 spiro atoms. The van der Waals surface area contributed by atoms with E-state index in [9.17, 15) is 4.79 Å². The molecule has 2 atom stereocenters. The quantitative estimate of drug-likeness (QED) is 0.504. The minimum absolute atomic E-state index is 0.123. The Labute approximate surface area is 98.9 Å². The third-order valence-corrected chi connectivity index (χ3v) is 3.75. The highest BCUT2D eigenvalue weighted by Gasteiger charge is 2.40. The first-order valence-electron chi connectivity index (χ1n) is 5.80. The molecule has 1 rings (SSSR count). The molecule has 0 unspecified atom stereocenters. The van der Waals surface area contributed by atoms with Gasteiger partial charge in [-0.25, -0.2) is 0 Å². The van der Waals surface area contributed by atoms with E-state index in [1.807, 2.05) is 26.8 Å². The Morgan fingerprint density at radius 2 is 2.00 bits per heavy atom. The molecule has 0 amide bonds. The second-order valence-electron chi connectivity index (χ2n) is 5.39. The number of rotatable bonds is 2. The van der Waals surface area contributed by atoms with Gasteiger partial charge in [0.05, 0.1) is 0 Å². The third kappa shape index (κ3) is 2.18. The van der Waals surface area contributed by atoms with Gasteiger partial charge in [0.25, 0.3) is 0 Å². The van der Waals surface area contributed by atoms with E-state index in [2.05, 4.69) is 20.1 Å². The summed E-state index contributed by atoms with van der Waals surface area (Å²) in [4.78, 5) is 12.0. The van der Waals surface area contributed by atoms with Crippen molar-refractivity contribution < 1.29 is 4.79 Å². The van der Waals surface area contributed by atoms with Crippen molar-refractivity contribution in [2.75, 3.05) is 0 Å². The summed E-state index contributed by atoms with van der Waals surface area (Å²) in [7, 11) is 0. The number of allylic oxidation sites excluding steroid dienone is 4. The van der Waals surface area contributed by atoms with Crippen molar-refractivity contribution in [3.8, 4) is 0 Å². The van der Waals surface area contributed by atoms with Crippen LogP contribution in [0.2, 0.25) is 0 Å². The van der Waals surface area contributed by atoms with Crippen LogP contribution in [0.5, 0.6) is 0 Å². The van der Waals surface area contributed by atoms with Crippen molar-refractivity contribution in [1.29, 1.82) is 0 Å². The van der Waals surface area contributed by atoms with Crippen molar-refractivity contribution in [2.45, 2.75) is 40.5 Å². The van der Waals surface area contributed by atoms with Gasteiger partial charge in [-0.2, -0.15) is 0 Å². The zero-order valence-electron chi connectivity index (χ0n) is 10.9. The van der Waals surface area contributed by atoms with Crippen molar-refractivity contribution in [2.24, 2.45) is 11.3 Å². The Balaban J connectivity index is 3.15. The van der Waals surface area contributed by atoms with Crippen LogP contribution in [0.4, 0.5) is 0 Å². The Morgan fingerprint density at radius 3 is 2.38 bits per heavy atom. The molecule has 0 N–H and O–H groups in total. The predicted molar refractivity (Wildman–Crippen MR) is 69.2 cm³/mol. The lowest BCUT2D eigenvalue weighted by molar-refractivity contribution is -0.119. The molecule has 0 heterocycles. The normalized spacial score (nSPS) is 30.1. The lowest BCUT2D eigenvalue weighted by Gasteiger charge is -2.40. The second kappa shape index (κ2) is 4.40. The molecule has 1 fully saturated rings. The molecule has 0 aromatic heterocycles. The first kappa shape index (κ1) is 13.0. The van der Waals surface area contributed by atoms with E-state index in [1.165, 1.54) is 0 Å². The van der Waals surface area contributed by atoms with E-state index in [1.54, 1.807) is 0 Å². The van der Waals surface area contributed by atoms with Gasteiger partial charge < -0.3 is 0 Å². The van der Waals surface area contributed by atoms with Gasteiger partial charge in [-0.15, -0.1) is 6.58 Å². The zero-order valence-corrected chi connectivity index (χ0v) is 10.9. The van der Waals surface area contributed by atoms with Gasteiger partial charge in [0.2, 0.25) is 0 Å². The van der Waals surface area contributed by atoms with Crippen LogP contribution >= 0.6 is 0 Å². The lowest BCUT2D eigenvalue weighted by atomic mass is 9.63. The summed E-state index contributed by atoms with van der Waals surface area (Å²) in [6, 6.07) is 0. The molecule has 88 valence electrons. The van der Waals surface area contributed by atoms with Crippen molar-refractivity contribution in [1.82, 2.24) is 0 Å². The molecule has 1 aliphatic rings. The van der Waals surface area contributed by atoms with Gasteiger partial charge >= 0.3 is 0 Å². The van der Waals surface area contributed by atoms with E-state index in [-0.39, 0.29) is 11.2 Å². The molecular weight excluding hydrogens is 196 g/mol. The second-order valence-corrected chi connectivity index (χ2v) is 5.39. The van der Waals surface area contributed by atoms with Crippen molar-refractivity contribution in [3.63, 3.8) is 0 Å². The fraction of sp³-hybridized carbons (Fsp3) is 0.533. The Bertz CT molecular complexity index is 369. The Morgan fingerprint density at radius 1 is 1.44 bits per heavy atom. The molecule has 0 bridgehead atoms. The average molecular weight is 218 g/mol. The number of carbonyl (C=O) groups excluding carboxylic acids is 1. The minimum Gasteiger partial charge on any atom is -0.295 e. The van der Waals surface area contributed by atoms with Gasteiger partial charge in [-0.05, 0) is 44.1 Å². The molecule has 1 heteroatoms. The fourth-order valence-corrected chi connectivity index (χ4v) is 2.56. The van der Waals surface area contributed by atoms with Gasteiger partial charge in [0.1, 0.15) is 0 Å². The van der Waals surface area contributed by atoms with Gasteiger partial charge in [0.15, 0.2) is 5.78 Å². The zero-order chi connectivity index (χ0) is 12.5. The average Bonchev–Trinajstić information content (AvgIpc) is 2.16. The van der Waals surface area contributed by atoms with Crippen LogP contribution in [0.15, 0.2) is 36.0 Å². The van der Waals surface area contributed by atoms with Crippen molar-refractivity contribution in [3.05, 3.63) is 36.0 Å². The summed E-state index contributed by atoms with van der Waals surface area (Å²) < 4.78 is 0. The molecule has 0 saturated heterocycles. The Hall–Kier alpha value is -1.11. The molecule has 0 aromatic rings. The van der Waals surface area contributed by atoms with Crippen LogP contribution in [0.3, 0.4) is 0 Å². The largest absolute Gasteiger partial charge is 0.295 e. The molecule has 1 nitrogen and oxygen atoms in total. The number of ketones is 1. The summed E-state index contributed by atoms with van der Waals surface area (Å²) in [5.41, 5.74) is 3.16. The number of hydrogen-bond donors (Lipinski definition) is 0. The summed E-state index contributed by atoms with van der Waals surface area (Å²) >= 11 is 0. The highest BCUT2D eigenvalue weighted by molar-refractivity contribution is 5.97. The number of carbonyl (C=O) groups is 1. The molecule has 1 saturated carbocycles. The van der Waals surface area contributed by atoms with Crippen LogP contribution in [-0.4, -0.2) is 5.78 Å². The molecule has 0 aliphatic heterocycles. The fourth-order valence-electron chi connectivity index (χ4n) is 2.56. The summed E-state index contributed by atoms with van der Waals surface area (Å²) in [6.45, 7) is 16.1. The summed E-state index contributed by atoms with van der Waals surface area (Å²) in [5.74, 6) is 0.618. The standard InChI is InChI=1S/C15H22O/c1-7-15(6)9-14(16)12(10(2)3)8-13(15)11(4)5/h7,13H,1,4,8-9H2,2-3,5-6H3/t13-,15-/m1/s1. The molecule has 0 radical (unpaired) electrons. The van der Waals surface area contributed by atoms with Crippen molar-refractivity contribution >= 4 is 5.78 Å². The summed E-state index contributed by atoms with van der Waals surface area (Å²) in [5, 5.41) is 0. The van der Waals surface area contributed by atoms with Crippen LogP contribution in [-0.2, 0) is 4.79 Å². The summed E-state index contributed by atoms with van der Waals surface area (Å²) in [6.07, 6.45) is 3.31. The highest BCUT2D eigenvalue weighted by atomic mass is 16.1. The number of Topliss-reactive ketones (excluding diaryl/α,β-unsaturated/α-hetero) is 1. The molecule has 0 aromatic carbocycles. The molecular formula is C15H22O. The first-order chi connectivity index (χ1) is 7.31. The van der Waals surface area contributed by atoms with E-state index < -0.39 is 0 Å². The van der Waals surface area contributed by atoms with Crippen LogP contribution in [0, 0.1) is 11.3 Å². The van der Waals surface area contributed by atoms with Gasteiger partial charge in [-0.3, -0.25) is 4.79 Å². The Kier molecular flexibility index (Phi) is 3.57. The third-order valence-electron chi connectivity index (χ3n) is 3.75. The highest BCUT2D eigenvalue weighted by Crippen LogP contribution is 2.46. The van der Waals surface area contributed by atoms with Gasteiger partial charge in [0, 0.05) is 6.42 Å². The van der Waals surface area contributed by atoms with Crippen LogP contribution < -0.4 is 0 Å². The van der Waals surface area contributed by atoms with E-state index in [4.69, 9.17) is 0 Å². The predicted octanol–water partition coefficient (Wildman–Crippen LogP) is 4.07. The van der Waals surface area contributed by atoms with E-state index in [0.29, 0.717) is 12.3 Å². The maximum absolute atomic E-state index is 12.0. The monoisotopic (exact) mass is 218 g/mol. The van der Waals surface area contributed by atoms with E-state index >= 15 is 0 Å². The van der Waals surface area contributed by atoms with E-state index in [0.717, 1.165) is 23.1 Å². The maximum atomic E-state index is 12.0. The van der Waals surface area contributed by atoms with Crippen LogP contribution in [0.25, 0.3) is 0 Å². The van der Waals surface area contributed by atoms with Crippen LogP contribution in [0.1, 0.15) is 40.5 Å².